The minimum Gasteiger partial charge on any atom is -0.379 e. The third-order valence-electron chi connectivity index (χ3n) is 4.15. The lowest BCUT2D eigenvalue weighted by Gasteiger charge is -2.43. The molecule has 2 nitrogen and oxygen atoms in total. The maximum absolute atomic E-state index is 5.53. The van der Waals surface area contributed by atoms with Crippen LogP contribution < -0.4 is 5.32 Å². The monoisotopic (exact) mass is 261 g/mol. The molecular formula is C17H27NO. The van der Waals surface area contributed by atoms with Crippen molar-refractivity contribution in [1.82, 2.24) is 5.32 Å². The van der Waals surface area contributed by atoms with Gasteiger partial charge in [0.2, 0.25) is 0 Å². The smallest absolute Gasteiger partial charge is 0.0598 e. The second kappa shape index (κ2) is 5.26. The van der Waals surface area contributed by atoms with Gasteiger partial charge >= 0.3 is 0 Å². The van der Waals surface area contributed by atoms with Crippen LogP contribution in [0, 0.1) is 6.92 Å². The minimum absolute atomic E-state index is 0.182. The first-order chi connectivity index (χ1) is 8.89. The molecule has 0 unspecified atom stereocenters. The highest BCUT2D eigenvalue weighted by Crippen LogP contribution is 2.36. The average Bonchev–Trinajstić information content (AvgIpc) is 2.28. The van der Waals surface area contributed by atoms with Gasteiger partial charge in [0.15, 0.2) is 0 Å². The van der Waals surface area contributed by atoms with Crippen LogP contribution in [0.1, 0.15) is 44.4 Å². The molecule has 0 aliphatic carbocycles. The Morgan fingerprint density at radius 3 is 2.42 bits per heavy atom. The fourth-order valence-corrected chi connectivity index (χ4v) is 2.73. The van der Waals surface area contributed by atoms with Crippen LogP contribution in [0.2, 0.25) is 0 Å². The first-order valence-corrected chi connectivity index (χ1v) is 7.29. The number of ether oxygens (including phenoxy) is 1. The van der Waals surface area contributed by atoms with E-state index in [1.54, 1.807) is 0 Å². The molecule has 106 valence electrons. The molecule has 0 amide bonds. The molecule has 1 aliphatic rings. The predicted octanol–water partition coefficient (Wildman–Crippen LogP) is 3.17. The average molecular weight is 261 g/mol. The molecule has 1 aromatic carbocycles. The quantitative estimate of drug-likeness (QED) is 0.899. The first-order valence-electron chi connectivity index (χ1n) is 7.29. The van der Waals surface area contributed by atoms with E-state index >= 15 is 0 Å². The van der Waals surface area contributed by atoms with E-state index in [0.717, 1.165) is 26.3 Å². The molecule has 1 N–H and O–H groups in total. The van der Waals surface area contributed by atoms with Gasteiger partial charge in [-0.1, -0.05) is 45.9 Å². The second-order valence-electron chi connectivity index (χ2n) is 6.83. The summed E-state index contributed by atoms with van der Waals surface area (Å²) in [6, 6.07) is 6.93. The van der Waals surface area contributed by atoms with E-state index in [0.29, 0.717) is 0 Å². The van der Waals surface area contributed by atoms with Gasteiger partial charge < -0.3 is 10.1 Å². The summed E-state index contributed by atoms with van der Waals surface area (Å²) in [6.07, 6.45) is 0. The van der Waals surface area contributed by atoms with E-state index in [9.17, 15) is 0 Å². The van der Waals surface area contributed by atoms with Crippen molar-refractivity contribution in [2.24, 2.45) is 0 Å². The van der Waals surface area contributed by atoms with E-state index in [-0.39, 0.29) is 10.8 Å². The Morgan fingerprint density at radius 2 is 1.95 bits per heavy atom. The molecule has 0 saturated carbocycles. The standard InChI is InChI=1S/C17H27NO/c1-6-18-10-17(11-19-12-17)15-9-14(16(3,4)5)8-7-13(15)2/h7-9,18H,6,10-12H2,1-5H3. The van der Waals surface area contributed by atoms with Crippen LogP contribution >= 0.6 is 0 Å². The third-order valence-corrected chi connectivity index (χ3v) is 4.15. The Labute approximate surface area is 117 Å². The largest absolute Gasteiger partial charge is 0.379 e. The number of rotatable bonds is 4. The number of nitrogens with one attached hydrogen (secondary N) is 1. The van der Waals surface area contributed by atoms with Gasteiger partial charge in [-0.3, -0.25) is 0 Å². The van der Waals surface area contributed by atoms with Crippen LogP contribution in [-0.2, 0) is 15.6 Å². The molecule has 1 heterocycles. The van der Waals surface area contributed by atoms with Crippen molar-refractivity contribution in [3.63, 3.8) is 0 Å². The normalized spacial score (nSPS) is 18.2. The van der Waals surface area contributed by atoms with Crippen LogP contribution in [0.25, 0.3) is 0 Å². The Morgan fingerprint density at radius 1 is 1.26 bits per heavy atom. The summed E-state index contributed by atoms with van der Waals surface area (Å²) in [7, 11) is 0. The number of aryl methyl sites for hydroxylation is 1. The number of hydrogen-bond acceptors (Lipinski definition) is 2. The van der Waals surface area contributed by atoms with Crippen LogP contribution in [0.4, 0.5) is 0 Å². The molecular weight excluding hydrogens is 234 g/mol. The summed E-state index contributed by atoms with van der Waals surface area (Å²) in [5.74, 6) is 0. The van der Waals surface area contributed by atoms with Gasteiger partial charge in [0.05, 0.1) is 18.6 Å². The van der Waals surface area contributed by atoms with E-state index in [1.165, 1.54) is 16.7 Å². The topological polar surface area (TPSA) is 21.3 Å². The van der Waals surface area contributed by atoms with Crippen molar-refractivity contribution >= 4 is 0 Å². The van der Waals surface area contributed by atoms with E-state index < -0.39 is 0 Å². The van der Waals surface area contributed by atoms with Crippen LogP contribution in [0.3, 0.4) is 0 Å². The summed E-state index contributed by atoms with van der Waals surface area (Å²) in [6.45, 7) is 14.9. The van der Waals surface area contributed by atoms with Gasteiger partial charge in [0, 0.05) is 6.54 Å². The summed E-state index contributed by atoms with van der Waals surface area (Å²) >= 11 is 0. The summed E-state index contributed by atoms with van der Waals surface area (Å²) in [5.41, 5.74) is 4.64. The fourth-order valence-electron chi connectivity index (χ4n) is 2.73. The van der Waals surface area contributed by atoms with Crippen molar-refractivity contribution in [1.29, 1.82) is 0 Å². The lowest BCUT2D eigenvalue weighted by molar-refractivity contribution is -0.0591. The van der Waals surface area contributed by atoms with E-state index in [2.05, 4.69) is 58.1 Å². The van der Waals surface area contributed by atoms with Gasteiger partial charge in [-0.15, -0.1) is 0 Å². The Hall–Kier alpha value is -0.860. The maximum atomic E-state index is 5.53. The second-order valence-corrected chi connectivity index (χ2v) is 6.83. The Bertz CT molecular complexity index is 441. The Kier molecular flexibility index (Phi) is 4.03. The number of likely N-dealkylation sites (N-methyl/N-ethyl adjacent to an activating group) is 1. The molecule has 0 radical (unpaired) electrons. The molecule has 0 atom stereocenters. The first kappa shape index (κ1) is 14.5. The highest BCUT2D eigenvalue weighted by molar-refractivity contribution is 5.41. The number of hydrogen-bond donors (Lipinski definition) is 1. The van der Waals surface area contributed by atoms with Gasteiger partial charge in [0.25, 0.3) is 0 Å². The van der Waals surface area contributed by atoms with Gasteiger partial charge in [0.1, 0.15) is 0 Å². The van der Waals surface area contributed by atoms with Gasteiger partial charge in [-0.25, -0.2) is 0 Å². The zero-order chi connectivity index (χ0) is 14.1. The molecule has 1 fully saturated rings. The summed E-state index contributed by atoms with van der Waals surface area (Å²) in [5, 5.41) is 3.49. The van der Waals surface area contributed by atoms with Crippen molar-refractivity contribution < 1.29 is 4.74 Å². The van der Waals surface area contributed by atoms with E-state index in [4.69, 9.17) is 4.74 Å². The van der Waals surface area contributed by atoms with Crippen LogP contribution in [0.15, 0.2) is 18.2 Å². The molecule has 1 aromatic rings. The fraction of sp³-hybridized carbons (Fsp3) is 0.647. The molecule has 1 aliphatic heterocycles. The Balaban J connectivity index is 2.37. The highest BCUT2D eigenvalue weighted by Gasteiger charge is 2.41. The zero-order valence-electron chi connectivity index (χ0n) is 13.0. The minimum atomic E-state index is 0.182. The lowest BCUT2D eigenvalue weighted by atomic mass is 9.74. The van der Waals surface area contributed by atoms with Crippen molar-refractivity contribution in [3.05, 3.63) is 34.9 Å². The van der Waals surface area contributed by atoms with E-state index in [1.807, 2.05) is 0 Å². The SMILES string of the molecule is CCNCC1(c2cc(C(C)(C)C)ccc2C)COC1. The van der Waals surface area contributed by atoms with Crippen molar-refractivity contribution in [2.45, 2.75) is 45.4 Å². The molecule has 0 bridgehead atoms. The molecule has 2 rings (SSSR count). The zero-order valence-corrected chi connectivity index (χ0v) is 13.0. The molecule has 0 aromatic heterocycles. The molecule has 2 heteroatoms. The summed E-state index contributed by atoms with van der Waals surface area (Å²) in [4.78, 5) is 0. The summed E-state index contributed by atoms with van der Waals surface area (Å²) < 4.78 is 5.53. The highest BCUT2D eigenvalue weighted by atomic mass is 16.5. The molecule has 0 spiro atoms. The maximum Gasteiger partial charge on any atom is 0.0598 e. The van der Waals surface area contributed by atoms with Gasteiger partial charge in [-0.05, 0) is 35.6 Å². The van der Waals surface area contributed by atoms with Gasteiger partial charge in [-0.2, -0.15) is 0 Å². The molecule has 1 saturated heterocycles. The predicted molar refractivity (Wildman–Crippen MR) is 80.9 cm³/mol. The number of benzene rings is 1. The van der Waals surface area contributed by atoms with Crippen LogP contribution in [-0.4, -0.2) is 26.3 Å². The lowest BCUT2D eigenvalue weighted by Crippen LogP contribution is -2.53. The van der Waals surface area contributed by atoms with Crippen LogP contribution in [0.5, 0.6) is 0 Å². The van der Waals surface area contributed by atoms with Crippen molar-refractivity contribution in [3.8, 4) is 0 Å². The third kappa shape index (κ3) is 2.85. The molecule has 19 heavy (non-hydrogen) atoms. The van der Waals surface area contributed by atoms with Crippen molar-refractivity contribution in [2.75, 3.05) is 26.3 Å².